The summed E-state index contributed by atoms with van der Waals surface area (Å²) in [6, 6.07) is 6.40. The molecule has 1 aliphatic rings. The summed E-state index contributed by atoms with van der Waals surface area (Å²) >= 11 is 7.61. The Kier molecular flexibility index (Phi) is 3.40. The van der Waals surface area contributed by atoms with Crippen LogP contribution in [0.25, 0.3) is 0 Å². The minimum absolute atomic E-state index is 0.100. The summed E-state index contributed by atoms with van der Waals surface area (Å²) in [5.41, 5.74) is 6.91. The van der Waals surface area contributed by atoms with Crippen LogP contribution < -0.4 is 11.1 Å². The number of nitrogens with one attached hydrogen (secondary N) is 1. The third-order valence-electron chi connectivity index (χ3n) is 3.42. The Balaban J connectivity index is 1.86. The maximum atomic E-state index is 13.4. The van der Waals surface area contributed by atoms with E-state index in [2.05, 4.69) is 5.32 Å². The summed E-state index contributed by atoms with van der Waals surface area (Å²) in [5.74, 6) is -1.37. The molecule has 1 atom stereocenters. The van der Waals surface area contributed by atoms with Crippen LogP contribution in [0.1, 0.15) is 33.3 Å². The molecule has 1 heterocycles. The smallest absolute Gasteiger partial charge is 0.251 e. The van der Waals surface area contributed by atoms with Crippen molar-refractivity contribution in [3.05, 3.63) is 50.4 Å². The predicted octanol–water partition coefficient (Wildman–Crippen LogP) is 3.74. The highest BCUT2D eigenvalue weighted by Gasteiger charge is 2.25. The average molecular weight is 311 g/mol. The zero-order valence-electron chi connectivity index (χ0n) is 10.5. The van der Waals surface area contributed by atoms with E-state index in [1.165, 1.54) is 22.6 Å². The summed E-state index contributed by atoms with van der Waals surface area (Å²) in [6.07, 6.45) is 1.94. The van der Waals surface area contributed by atoms with Gasteiger partial charge in [0, 0.05) is 10.6 Å². The molecule has 0 aliphatic heterocycles. The molecule has 20 heavy (non-hydrogen) atoms. The Morgan fingerprint density at radius 1 is 1.45 bits per heavy atom. The average Bonchev–Trinajstić information content (AvgIpc) is 2.92. The number of anilines is 1. The quantitative estimate of drug-likeness (QED) is 0.907. The molecule has 0 bridgehead atoms. The molecule has 1 unspecified atom stereocenters. The number of halogens is 2. The molecule has 3 N–H and O–H groups in total. The Labute approximate surface area is 124 Å². The summed E-state index contributed by atoms with van der Waals surface area (Å²) in [7, 11) is 0. The Bertz CT molecular complexity index is 686. The maximum absolute atomic E-state index is 13.4. The van der Waals surface area contributed by atoms with Crippen LogP contribution in [0.4, 0.5) is 10.1 Å². The molecule has 6 heteroatoms. The van der Waals surface area contributed by atoms with Crippen molar-refractivity contribution < 1.29 is 9.18 Å². The first kappa shape index (κ1) is 13.4. The highest BCUT2D eigenvalue weighted by Crippen LogP contribution is 2.40. The summed E-state index contributed by atoms with van der Waals surface area (Å²) in [6.45, 7) is 0. The number of hydrogen-bond acceptors (Lipinski definition) is 3. The number of aryl methyl sites for hydroxylation is 1. The molecule has 1 amide bonds. The standard InChI is InChI=1S/C14H12ClFN2OS/c15-13-6-9-11(3-4-12(9)20-13)18-7-1-2-10(16)8(5-7)14(17)19/h1-2,5-6,11,18H,3-4H2,(H2,17,19). The first-order chi connectivity index (χ1) is 9.54. The lowest BCUT2D eigenvalue weighted by atomic mass is 10.1. The van der Waals surface area contributed by atoms with Crippen LogP contribution in [0.15, 0.2) is 24.3 Å². The SMILES string of the molecule is NC(=O)c1cc(NC2CCc3sc(Cl)cc32)ccc1F. The monoisotopic (exact) mass is 310 g/mol. The van der Waals surface area contributed by atoms with E-state index in [1.807, 2.05) is 6.07 Å². The molecule has 0 saturated carbocycles. The fourth-order valence-electron chi connectivity index (χ4n) is 2.49. The molecule has 2 aromatic rings. The largest absolute Gasteiger partial charge is 0.378 e. The van der Waals surface area contributed by atoms with E-state index in [-0.39, 0.29) is 11.6 Å². The molecule has 3 nitrogen and oxygen atoms in total. The summed E-state index contributed by atoms with van der Waals surface area (Å²) in [4.78, 5) is 12.4. The second-order valence-electron chi connectivity index (χ2n) is 4.72. The van der Waals surface area contributed by atoms with Gasteiger partial charge in [0.25, 0.3) is 5.91 Å². The second-order valence-corrected chi connectivity index (χ2v) is 6.49. The van der Waals surface area contributed by atoms with Crippen molar-refractivity contribution in [1.82, 2.24) is 0 Å². The Hall–Kier alpha value is -1.59. The van der Waals surface area contributed by atoms with E-state index in [9.17, 15) is 9.18 Å². The number of carbonyl (C=O) groups is 1. The lowest BCUT2D eigenvalue weighted by Crippen LogP contribution is -2.14. The van der Waals surface area contributed by atoms with Crippen molar-refractivity contribution in [1.29, 1.82) is 0 Å². The number of fused-ring (bicyclic) bond motifs is 1. The summed E-state index contributed by atoms with van der Waals surface area (Å²) < 4.78 is 14.2. The van der Waals surface area contributed by atoms with Crippen LogP contribution in [0, 0.1) is 5.82 Å². The summed E-state index contributed by atoms with van der Waals surface area (Å²) in [5, 5.41) is 3.31. The van der Waals surface area contributed by atoms with Gasteiger partial charge in [-0.25, -0.2) is 4.39 Å². The molecule has 3 rings (SSSR count). The third kappa shape index (κ3) is 2.39. The number of primary amides is 1. The first-order valence-corrected chi connectivity index (χ1v) is 7.38. The minimum Gasteiger partial charge on any atom is -0.378 e. The molecule has 0 saturated heterocycles. The van der Waals surface area contributed by atoms with Crippen LogP contribution in [0.3, 0.4) is 0 Å². The van der Waals surface area contributed by atoms with Crippen LogP contribution in [-0.4, -0.2) is 5.91 Å². The van der Waals surface area contributed by atoms with Crippen molar-refractivity contribution in [3.63, 3.8) is 0 Å². The molecular weight excluding hydrogens is 299 g/mol. The van der Waals surface area contributed by atoms with Gasteiger partial charge in [0.05, 0.1) is 15.9 Å². The van der Waals surface area contributed by atoms with Gasteiger partial charge in [-0.2, -0.15) is 0 Å². The number of rotatable bonds is 3. The van der Waals surface area contributed by atoms with Crippen molar-refractivity contribution in [2.45, 2.75) is 18.9 Å². The molecule has 1 aliphatic carbocycles. The fraction of sp³-hybridized carbons (Fsp3) is 0.214. The van der Waals surface area contributed by atoms with E-state index in [0.717, 1.165) is 17.2 Å². The van der Waals surface area contributed by atoms with Gasteiger partial charge in [0.1, 0.15) is 5.82 Å². The highest BCUT2D eigenvalue weighted by atomic mass is 35.5. The number of hydrogen-bond donors (Lipinski definition) is 2. The van der Waals surface area contributed by atoms with E-state index in [0.29, 0.717) is 5.69 Å². The topological polar surface area (TPSA) is 55.1 Å². The number of nitrogens with two attached hydrogens (primary N) is 1. The normalized spacial score (nSPS) is 17.0. The predicted molar refractivity (Wildman–Crippen MR) is 78.9 cm³/mol. The fourth-order valence-corrected chi connectivity index (χ4v) is 3.84. The van der Waals surface area contributed by atoms with Gasteiger partial charge in [-0.3, -0.25) is 4.79 Å². The molecule has 0 fully saturated rings. The van der Waals surface area contributed by atoms with E-state index >= 15 is 0 Å². The van der Waals surface area contributed by atoms with Crippen LogP contribution >= 0.6 is 22.9 Å². The Morgan fingerprint density at radius 3 is 3.00 bits per heavy atom. The van der Waals surface area contributed by atoms with Gasteiger partial charge < -0.3 is 11.1 Å². The van der Waals surface area contributed by atoms with Gasteiger partial charge >= 0.3 is 0 Å². The molecule has 0 spiro atoms. The van der Waals surface area contributed by atoms with E-state index in [1.54, 1.807) is 17.4 Å². The minimum atomic E-state index is -0.767. The van der Waals surface area contributed by atoms with Crippen LogP contribution in [0.2, 0.25) is 4.34 Å². The lowest BCUT2D eigenvalue weighted by molar-refractivity contribution is 0.0996. The van der Waals surface area contributed by atoms with E-state index in [4.69, 9.17) is 17.3 Å². The zero-order chi connectivity index (χ0) is 14.3. The number of thiophene rings is 1. The van der Waals surface area contributed by atoms with Gasteiger partial charge in [-0.15, -0.1) is 11.3 Å². The Morgan fingerprint density at radius 2 is 2.25 bits per heavy atom. The molecule has 0 radical (unpaired) electrons. The highest BCUT2D eigenvalue weighted by molar-refractivity contribution is 7.16. The van der Waals surface area contributed by atoms with Gasteiger partial charge in [-0.1, -0.05) is 11.6 Å². The maximum Gasteiger partial charge on any atom is 0.251 e. The van der Waals surface area contributed by atoms with E-state index < -0.39 is 11.7 Å². The van der Waals surface area contributed by atoms with Crippen molar-refractivity contribution in [2.75, 3.05) is 5.32 Å². The molecule has 1 aromatic heterocycles. The lowest BCUT2D eigenvalue weighted by Gasteiger charge is -2.15. The van der Waals surface area contributed by atoms with Gasteiger partial charge in [0.2, 0.25) is 0 Å². The number of benzene rings is 1. The van der Waals surface area contributed by atoms with Crippen LogP contribution in [0.5, 0.6) is 0 Å². The number of carbonyl (C=O) groups excluding carboxylic acids is 1. The molecule has 1 aromatic carbocycles. The van der Waals surface area contributed by atoms with Crippen molar-refractivity contribution >= 4 is 34.5 Å². The molecule has 104 valence electrons. The van der Waals surface area contributed by atoms with Crippen molar-refractivity contribution in [2.24, 2.45) is 5.73 Å². The zero-order valence-corrected chi connectivity index (χ0v) is 12.0. The van der Waals surface area contributed by atoms with Gasteiger partial charge in [-0.05, 0) is 42.7 Å². The second kappa shape index (κ2) is 5.07. The van der Waals surface area contributed by atoms with Crippen molar-refractivity contribution in [3.8, 4) is 0 Å². The molecular formula is C14H12ClFN2OS. The van der Waals surface area contributed by atoms with Gasteiger partial charge in [0.15, 0.2) is 0 Å². The third-order valence-corrected chi connectivity index (χ3v) is 4.76. The van der Waals surface area contributed by atoms with Crippen LogP contribution in [-0.2, 0) is 6.42 Å². The number of amides is 1. The first-order valence-electron chi connectivity index (χ1n) is 6.18.